The molecule has 1 N–H and O–H groups in total. The van der Waals surface area contributed by atoms with Gasteiger partial charge in [-0.3, -0.25) is 0 Å². The van der Waals surface area contributed by atoms with Crippen molar-refractivity contribution in [3.63, 3.8) is 0 Å². The molecule has 2 unspecified atom stereocenters. The van der Waals surface area contributed by atoms with Crippen molar-refractivity contribution in [1.29, 1.82) is 0 Å². The molecule has 0 aliphatic heterocycles. The molecule has 1 aliphatic rings. The summed E-state index contributed by atoms with van der Waals surface area (Å²) >= 11 is 0. The second-order valence-electron chi connectivity index (χ2n) is 5.65. The smallest absolute Gasteiger partial charge is 0.0644 e. The van der Waals surface area contributed by atoms with Crippen LogP contribution < -0.4 is 0 Å². The number of aliphatic hydroxyl groups excluding tert-OH is 1. The van der Waals surface area contributed by atoms with Gasteiger partial charge < -0.3 is 5.11 Å². The number of hydrogen-bond donors (Lipinski definition) is 1. The summed E-state index contributed by atoms with van der Waals surface area (Å²) in [6.45, 7) is 11.0. The van der Waals surface area contributed by atoms with Gasteiger partial charge in [0, 0.05) is 0 Å². The number of hydrogen-bond acceptors (Lipinski definition) is 1. The SMILES string of the molecule is CC1CCC(C)(C)C(O)C1(C)C. The van der Waals surface area contributed by atoms with Crippen LogP contribution in [0.25, 0.3) is 0 Å². The van der Waals surface area contributed by atoms with E-state index in [1.54, 1.807) is 0 Å². The average molecular weight is 170 g/mol. The van der Waals surface area contributed by atoms with Crippen molar-refractivity contribution in [1.82, 2.24) is 0 Å². The first-order valence-corrected chi connectivity index (χ1v) is 4.96. The average Bonchev–Trinajstić information content (AvgIpc) is 1.96. The van der Waals surface area contributed by atoms with Gasteiger partial charge in [0.05, 0.1) is 6.10 Å². The maximum Gasteiger partial charge on any atom is 0.0644 e. The molecule has 0 radical (unpaired) electrons. The largest absolute Gasteiger partial charge is 0.392 e. The van der Waals surface area contributed by atoms with E-state index in [0.29, 0.717) is 5.92 Å². The topological polar surface area (TPSA) is 20.2 Å². The van der Waals surface area contributed by atoms with E-state index < -0.39 is 0 Å². The van der Waals surface area contributed by atoms with E-state index in [2.05, 4.69) is 34.6 Å². The van der Waals surface area contributed by atoms with E-state index in [1.165, 1.54) is 6.42 Å². The Balaban J connectivity index is 2.86. The number of rotatable bonds is 0. The lowest BCUT2D eigenvalue weighted by atomic mass is 9.58. The van der Waals surface area contributed by atoms with Crippen LogP contribution >= 0.6 is 0 Å². The highest BCUT2D eigenvalue weighted by Gasteiger charge is 2.46. The van der Waals surface area contributed by atoms with E-state index in [9.17, 15) is 5.11 Å². The molecule has 0 aromatic carbocycles. The van der Waals surface area contributed by atoms with Gasteiger partial charge in [-0.15, -0.1) is 0 Å². The predicted molar refractivity (Wildman–Crippen MR) is 52.0 cm³/mol. The number of aliphatic hydroxyl groups is 1. The summed E-state index contributed by atoms with van der Waals surface area (Å²) in [6.07, 6.45) is 2.24. The van der Waals surface area contributed by atoms with Crippen LogP contribution in [0, 0.1) is 16.7 Å². The fourth-order valence-corrected chi connectivity index (χ4v) is 2.37. The molecule has 1 heteroatoms. The van der Waals surface area contributed by atoms with Crippen molar-refractivity contribution in [3.8, 4) is 0 Å². The third kappa shape index (κ3) is 1.39. The van der Waals surface area contributed by atoms with Crippen LogP contribution in [-0.4, -0.2) is 11.2 Å². The van der Waals surface area contributed by atoms with Gasteiger partial charge in [0.1, 0.15) is 0 Å². The van der Waals surface area contributed by atoms with Gasteiger partial charge >= 0.3 is 0 Å². The molecule has 1 aliphatic carbocycles. The zero-order chi connectivity index (χ0) is 9.57. The van der Waals surface area contributed by atoms with Gasteiger partial charge in [-0.25, -0.2) is 0 Å². The summed E-state index contributed by atoms with van der Waals surface area (Å²) in [4.78, 5) is 0. The molecule has 1 rings (SSSR count). The summed E-state index contributed by atoms with van der Waals surface area (Å²) in [5.41, 5.74) is 0.192. The lowest BCUT2D eigenvalue weighted by Crippen LogP contribution is -2.49. The van der Waals surface area contributed by atoms with Crippen molar-refractivity contribution in [2.45, 2.75) is 53.6 Å². The zero-order valence-electron chi connectivity index (χ0n) is 9.02. The first-order chi connectivity index (χ1) is 5.28. The Morgan fingerprint density at radius 3 is 2.08 bits per heavy atom. The molecule has 0 amide bonds. The Morgan fingerprint density at radius 1 is 1.17 bits per heavy atom. The zero-order valence-corrected chi connectivity index (χ0v) is 9.02. The monoisotopic (exact) mass is 170 g/mol. The van der Waals surface area contributed by atoms with E-state index in [1.807, 2.05) is 0 Å². The van der Waals surface area contributed by atoms with Crippen LogP contribution in [-0.2, 0) is 0 Å². The first-order valence-electron chi connectivity index (χ1n) is 4.96. The molecule has 0 heterocycles. The summed E-state index contributed by atoms with van der Waals surface area (Å²) in [5, 5.41) is 10.1. The van der Waals surface area contributed by atoms with Crippen LogP contribution in [0.2, 0.25) is 0 Å². The molecule has 1 saturated carbocycles. The lowest BCUT2D eigenvalue weighted by molar-refractivity contribution is -0.103. The van der Waals surface area contributed by atoms with Gasteiger partial charge in [-0.1, -0.05) is 34.6 Å². The fraction of sp³-hybridized carbons (Fsp3) is 1.00. The van der Waals surface area contributed by atoms with Crippen LogP contribution in [0.3, 0.4) is 0 Å². The van der Waals surface area contributed by atoms with Gasteiger partial charge in [-0.2, -0.15) is 0 Å². The summed E-state index contributed by atoms with van der Waals surface area (Å²) in [6, 6.07) is 0. The minimum Gasteiger partial charge on any atom is -0.392 e. The highest BCUT2D eigenvalue weighted by Crippen LogP contribution is 2.48. The Labute approximate surface area is 76.2 Å². The third-order valence-corrected chi connectivity index (χ3v) is 3.94. The molecule has 1 nitrogen and oxygen atoms in total. The molecular formula is C11H22O. The standard InChI is InChI=1S/C11H22O/c1-8-6-7-10(2,3)9(12)11(8,4)5/h8-9,12H,6-7H2,1-5H3. The van der Waals surface area contributed by atoms with Gasteiger partial charge in [0.2, 0.25) is 0 Å². The van der Waals surface area contributed by atoms with Crippen molar-refractivity contribution >= 4 is 0 Å². The van der Waals surface area contributed by atoms with Crippen molar-refractivity contribution in [2.24, 2.45) is 16.7 Å². The highest BCUT2D eigenvalue weighted by molar-refractivity contribution is 4.96. The highest BCUT2D eigenvalue weighted by atomic mass is 16.3. The van der Waals surface area contributed by atoms with Crippen LogP contribution in [0.4, 0.5) is 0 Å². The van der Waals surface area contributed by atoms with E-state index in [-0.39, 0.29) is 16.9 Å². The molecule has 1 fully saturated rings. The first kappa shape index (κ1) is 10.0. The van der Waals surface area contributed by atoms with E-state index >= 15 is 0 Å². The molecule has 0 aromatic rings. The second kappa shape index (κ2) is 2.73. The van der Waals surface area contributed by atoms with Crippen LogP contribution in [0.1, 0.15) is 47.5 Å². The summed E-state index contributed by atoms with van der Waals surface area (Å²) in [5.74, 6) is 0.639. The minimum absolute atomic E-state index is 0.0851. The molecular weight excluding hydrogens is 148 g/mol. The van der Waals surface area contributed by atoms with Crippen LogP contribution in [0.15, 0.2) is 0 Å². The molecule has 12 heavy (non-hydrogen) atoms. The molecule has 2 atom stereocenters. The van der Waals surface area contributed by atoms with Crippen LogP contribution in [0.5, 0.6) is 0 Å². The van der Waals surface area contributed by atoms with Gasteiger partial charge in [-0.05, 0) is 29.6 Å². The summed E-state index contributed by atoms with van der Waals surface area (Å²) < 4.78 is 0. The van der Waals surface area contributed by atoms with E-state index in [0.717, 1.165) is 6.42 Å². The summed E-state index contributed by atoms with van der Waals surface area (Å²) in [7, 11) is 0. The van der Waals surface area contributed by atoms with Gasteiger partial charge in [0.15, 0.2) is 0 Å². The maximum absolute atomic E-state index is 10.1. The minimum atomic E-state index is -0.159. The molecule has 0 aromatic heterocycles. The lowest BCUT2D eigenvalue weighted by Gasteiger charge is -2.49. The van der Waals surface area contributed by atoms with E-state index in [4.69, 9.17) is 0 Å². The fourth-order valence-electron chi connectivity index (χ4n) is 2.37. The molecule has 0 spiro atoms. The van der Waals surface area contributed by atoms with Crippen molar-refractivity contribution in [2.75, 3.05) is 0 Å². The maximum atomic E-state index is 10.1. The normalized spacial score (nSPS) is 39.5. The molecule has 0 bridgehead atoms. The van der Waals surface area contributed by atoms with Gasteiger partial charge in [0.25, 0.3) is 0 Å². The Bertz CT molecular complexity index is 170. The van der Waals surface area contributed by atoms with Crippen molar-refractivity contribution < 1.29 is 5.11 Å². The molecule has 0 saturated heterocycles. The third-order valence-electron chi connectivity index (χ3n) is 3.94. The predicted octanol–water partition coefficient (Wildman–Crippen LogP) is 2.83. The quantitative estimate of drug-likeness (QED) is 0.592. The Morgan fingerprint density at radius 2 is 1.67 bits per heavy atom. The second-order valence-corrected chi connectivity index (χ2v) is 5.65. The Kier molecular flexibility index (Phi) is 2.28. The van der Waals surface area contributed by atoms with Crippen molar-refractivity contribution in [3.05, 3.63) is 0 Å². The Hall–Kier alpha value is -0.0400. The molecule has 72 valence electrons.